The van der Waals surface area contributed by atoms with Gasteiger partial charge in [-0.1, -0.05) is 37.3 Å². The Labute approximate surface area is 165 Å². The molecular formula is C22H26FN5. The van der Waals surface area contributed by atoms with Crippen molar-refractivity contribution in [1.29, 1.82) is 5.26 Å². The molecule has 1 heterocycles. The molecule has 0 aliphatic carbocycles. The van der Waals surface area contributed by atoms with Crippen molar-refractivity contribution in [3.05, 3.63) is 65.5 Å². The fraction of sp³-hybridized carbons (Fsp3) is 0.364. The lowest BCUT2D eigenvalue weighted by Gasteiger charge is -2.22. The van der Waals surface area contributed by atoms with Crippen LogP contribution in [0.3, 0.4) is 0 Å². The molecule has 1 atom stereocenters. The number of hydrogen-bond acceptors (Lipinski definition) is 3. The Morgan fingerprint density at radius 1 is 1.14 bits per heavy atom. The summed E-state index contributed by atoms with van der Waals surface area (Å²) in [7, 11) is 4.07. The SMILES string of the molecule is CCCn1/c(=N/C#N)n([C@H](CCN(C)C)c2ccccc2)c2cc(F)ccc21. The maximum Gasteiger partial charge on any atom is 0.222 e. The monoisotopic (exact) mass is 379 g/mol. The second kappa shape index (κ2) is 8.85. The highest BCUT2D eigenvalue weighted by atomic mass is 19.1. The third-order valence-electron chi connectivity index (χ3n) is 4.89. The molecule has 6 heteroatoms. The van der Waals surface area contributed by atoms with E-state index in [2.05, 4.69) is 28.9 Å². The van der Waals surface area contributed by atoms with Crippen molar-refractivity contribution >= 4 is 11.0 Å². The van der Waals surface area contributed by atoms with Crippen molar-refractivity contribution in [1.82, 2.24) is 14.0 Å². The summed E-state index contributed by atoms with van der Waals surface area (Å²) >= 11 is 0. The number of nitrogens with zero attached hydrogens (tertiary/aromatic N) is 5. The molecule has 0 aliphatic heterocycles. The number of benzene rings is 2. The first-order chi connectivity index (χ1) is 13.6. The van der Waals surface area contributed by atoms with Gasteiger partial charge < -0.3 is 14.0 Å². The van der Waals surface area contributed by atoms with Crippen molar-refractivity contribution in [2.24, 2.45) is 4.99 Å². The number of aromatic nitrogens is 2. The maximum absolute atomic E-state index is 14.2. The van der Waals surface area contributed by atoms with E-state index in [1.165, 1.54) is 6.07 Å². The molecule has 5 nitrogen and oxygen atoms in total. The Balaban J connectivity index is 2.34. The van der Waals surface area contributed by atoms with E-state index in [1.807, 2.05) is 47.6 Å². The molecule has 146 valence electrons. The van der Waals surface area contributed by atoms with E-state index in [0.717, 1.165) is 36.0 Å². The van der Waals surface area contributed by atoms with Crippen LogP contribution >= 0.6 is 0 Å². The number of hydrogen-bond donors (Lipinski definition) is 0. The van der Waals surface area contributed by atoms with Crippen LogP contribution in [0.15, 0.2) is 53.5 Å². The summed E-state index contributed by atoms with van der Waals surface area (Å²) in [6.45, 7) is 3.65. The van der Waals surface area contributed by atoms with E-state index in [9.17, 15) is 9.65 Å². The highest BCUT2D eigenvalue weighted by Gasteiger charge is 2.21. The zero-order valence-electron chi connectivity index (χ0n) is 16.6. The molecule has 28 heavy (non-hydrogen) atoms. The van der Waals surface area contributed by atoms with Crippen molar-refractivity contribution in [3.8, 4) is 6.19 Å². The molecule has 0 saturated heterocycles. The first-order valence-electron chi connectivity index (χ1n) is 9.59. The third kappa shape index (κ3) is 4.00. The topological polar surface area (TPSA) is 49.2 Å². The van der Waals surface area contributed by atoms with Gasteiger partial charge in [0.15, 0.2) is 0 Å². The molecule has 3 rings (SSSR count). The quantitative estimate of drug-likeness (QED) is 0.584. The zero-order valence-corrected chi connectivity index (χ0v) is 16.6. The van der Waals surface area contributed by atoms with Crippen molar-refractivity contribution in [2.45, 2.75) is 32.4 Å². The Morgan fingerprint density at radius 3 is 2.54 bits per heavy atom. The molecule has 2 aromatic carbocycles. The number of fused-ring (bicyclic) bond motifs is 1. The number of rotatable bonds is 7. The highest BCUT2D eigenvalue weighted by molar-refractivity contribution is 5.76. The molecule has 0 saturated carbocycles. The van der Waals surface area contributed by atoms with Gasteiger partial charge in [-0.15, -0.1) is 4.99 Å². The van der Waals surface area contributed by atoms with Crippen molar-refractivity contribution in [2.75, 3.05) is 20.6 Å². The predicted octanol–water partition coefficient (Wildman–Crippen LogP) is 3.91. The first kappa shape index (κ1) is 19.8. The van der Waals surface area contributed by atoms with Crippen LogP contribution in [0.1, 0.15) is 31.4 Å². The van der Waals surface area contributed by atoms with Crippen LogP contribution in [-0.2, 0) is 6.54 Å². The Bertz CT molecular complexity index is 1040. The Kier molecular flexibility index (Phi) is 6.27. The standard InChI is InChI=1S/C22H26FN5/c1-4-13-27-20-11-10-18(23)15-21(20)28(22(27)25-16-24)19(12-14-26(2)3)17-8-6-5-7-9-17/h5-11,15,19H,4,12-14H2,1-3H3/b25-22-/t19-/m1/s1. The lowest BCUT2D eigenvalue weighted by Crippen LogP contribution is -2.31. The van der Waals surface area contributed by atoms with Gasteiger partial charge in [0.05, 0.1) is 17.1 Å². The molecule has 0 radical (unpaired) electrons. The van der Waals surface area contributed by atoms with Gasteiger partial charge in [-0.3, -0.25) is 0 Å². The second-order valence-corrected chi connectivity index (χ2v) is 7.18. The van der Waals surface area contributed by atoms with E-state index in [-0.39, 0.29) is 11.9 Å². The smallest absolute Gasteiger partial charge is 0.222 e. The average molecular weight is 379 g/mol. The van der Waals surface area contributed by atoms with Crippen molar-refractivity contribution in [3.63, 3.8) is 0 Å². The van der Waals surface area contributed by atoms with E-state index in [0.29, 0.717) is 12.2 Å². The van der Waals surface area contributed by atoms with Gasteiger partial charge in [0.1, 0.15) is 5.82 Å². The van der Waals surface area contributed by atoms with Crippen LogP contribution < -0.4 is 5.62 Å². The zero-order chi connectivity index (χ0) is 20.1. The van der Waals surface area contributed by atoms with E-state index >= 15 is 0 Å². The number of nitriles is 1. The van der Waals surface area contributed by atoms with Gasteiger partial charge in [0.25, 0.3) is 0 Å². The van der Waals surface area contributed by atoms with E-state index in [4.69, 9.17) is 0 Å². The molecule has 0 unspecified atom stereocenters. The van der Waals surface area contributed by atoms with Crippen LogP contribution in [0.4, 0.5) is 4.39 Å². The summed E-state index contributed by atoms with van der Waals surface area (Å²) in [4.78, 5) is 6.29. The van der Waals surface area contributed by atoms with E-state index < -0.39 is 0 Å². The number of halogens is 1. The van der Waals surface area contributed by atoms with Gasteiger partial charge in [0, 0.05) is 6.54 Å². The molecule has 1 aromatic heterocycles. The van der Waals surface area contributed by atoms with Crippen molar-refractivity contribution < 1.29 is 4.39 Å². The summed E-state index contributed by atoms with van der Waals surface area (Å²) in [6, 6.07) is 14.9. The normalized spacial score (nSPS) is 13.2. The third-order valence-corrected chi connectivity index (χ3v) is 4.89. The fourth-order valence-corrected chi connectivity index (χ4v) is 3.67. The first-order valence-corrected chi connectivity index (χ1v) is 9.59. The molecule has 0 amide bonds. The molecule has 0 N–H and O–H groups in total. The minimum absolute atomic E-state index is 0.0573. The van der Waals surface area contributed by atoms with Gasteiger partial charge >= 0.3 is 0 Å². The summed E-state index contributed by atoms with van der Waals surface area (Å²) < 4.78 is 18.2. The Hall–Kier alpha value is -2.91. The molecule has 0 aliphatic rings. The van der Waals surface area contributed by atoms with Gasteiger partial charge in [-0.2, -0.15) is 5.26 Å². The molecular weight excluding hydrogens is 353 g/mol. The summed E-state index contributed by atoms with van der Waals surface area (Å²) in [6.07, 6.45) is 3.66. The molecule has 3 aromatic rings. The number of imidazole rings is 1. The van der Waals surface area contributed by atoms with Crippen LogP contribution in [0.25, 0.3) is 11.0 Å². The van der Waals surface area contributed by atoms with Crippen LogP contribution in [0.5, 0.6) is 0 Å². The lowest BCUT2D eigenvalue weighted by molar-refractivity contribution is 0.364. The summed E-state index contributed by atoms with van der Waals surface area (Å²) in [5, 5.41) is 9.36. The molecule has 0 fully saturated rings. The summed E-state index contributed by atoms with van der Waals surface area (Å²) in [5.41, 5.74) is 3.33. The average Bonchev–Trinajstić information content (AvgIpc) is 2.96. The second-order valence-electron chi connectivity index (χ2n) is 7.18. The van der Waals surface area contributed by atoms with Gasteiger partial charge in [-0.05, 0) is 57.2 Å². The maximum atomic E-state index is 14.2. The van der Waals surface area contributed by atoms with Crippen LogP contribution in [0.2, 0.25) is 0 Å². The van der Waals surface area contributed by atoms with Gasteiger partial charge in [0.2, 0.25) is 11.8 Å². The highest BCUT2D eigenvalue weighted by Crippen LogP contribution is 2.26. The van der Waals surface area contributed by atoms with E-state index in [1.54, 1.807) is 12.1 Å². The molecule has 0 spiro atoms. The predicted molar refractivity (Wildman–Crippen MR) is 109 cm³/mol. The minimum Gasteiger partial charge on any atom is -0.309 e. The van der Waals surface area contributed by atoms with Crippen LogP contribution in [0, 0.1) is 17.3 Å². The van der Waals surface area contributed by atoms with Gasteiger partial charge in [-0.25, -0.2) is 4.39 Å². The minimum atomic E-state index is -0.294. The van der Waals surface area contributed by atoms with Crippen LogP contribution in [-0.4, -0.2) is 34.7 Å². The Morgan fingerprint density at radius 2 is 1.89 bits per heavy atom. The largest absolute Gasteiger partial charge is 0.309 e. The fourth-order valence-electron chi connectivity index (χ4n) is 3.67. The molecule has 0 bridgehead atoms. The lowest BCUT2D eigenvalue weighted by atomic mass is 10.0. The summed E-state index contributed by atoms with van der Waals surface area (Å²) in [5.74, 6) is -0.294. The number of aryl methyl sites for hydroxylation is 1.